The van der Waals surface area contributed by atoms with E-state index in [1.807, 2.05) is 6.92 Å². The number of aromatic nitrogens is 1. The molecule has 6 rings (SSSR count). The summed E-state index contributed by atoms with van der Waals surface area (Å²) in [5.41, 5.74) is -4.92. The van der Waals surface area contributed by atoms with E-state index >= 15 is 4.39 Å². The molecule has 1 saturated heterocycles. The second kappa shape index (κ2) is 16.9. The molecular weight excluding hydrogens is 857 g/mol. The third kappa shape index (κ3) is 8.92. The maximum Gasteiger partial charge on any atom is 0.427 e. The SMILES string of the molecule is COc1cc2c(OC)cnc(OC3CC4C(=O)NC5(C(=O)NS(=O)(=O)C6(C(F)F)CC6)CC5C=CCCC(C)CC(C)C(NC(=O)OC(C)(C)C(F)(F)F)C(=O)N4C3)c2cc1F. The van der Waals surface area contributed by atoms with E-state index in [2.05, 4.69) is 15.6 Å². The van der Waals surface area contributed by atoms with Crippen molar-refractivity contribution in [3.8, 4) is 17.4 Å². The van der Waals surface area contributed by atoms with Crippen LogP contribution in [0.15, 0.2) is 30.5 Å². The molecule has 2 aliphatic carbocycles. The molecule has 2 aliphatic heterocycles. The molecule has 0 bridgehead atoms. The Morgan fingerprint density at radius 2 is 1.71 bits per heavy atom. The van der Waals surface area contributed by atoms with Crippen LogP contribution in [0.5, 0.6) is 17.4 Å². The summed E-state index contributed by atoms with van der Waals surface area (Å²) in [6.07, 6.45) is -6.42. The zero-order chi connectivity index (χ0) is 45.7. The highest BCUT2D eigenvalue weighted by atomic mass is 32.2. The number of carbonyl (C=O) groups is 4. The number of hydrogen-bond acceptors (Lipinski definition) is 11. The molecule has 4 aliphatic rings. The van der Waals surface area contributed by atoms with Crippen LogP contribution in [0.1, 0.15) is 72.6 Å². The molecule has 3 N–H and O–H groups in total. The number of halogens is 6. The number of methoxy groups -OCH3 is 2. The molecule has 3 heterocycles. The van der Waals surface area contributed by atoms with Gasteiger partial charge >= 0.3 is 12.3 Å². The number of alkyl halides is 5. The number of sulfonamides is 1. The van der Waals surface area contributed by atoms with Crippen molar-refractivity contribution in [1.82, 2.24) is 25.2 Å². The Bertz CT molecular complexity index is 2240. The highest BCUT2D eigenvalue weighted by Gasteiger charge is 2.66. The molecule has 1 aromatic heterocycles. The summed E-state index contributed by atoms with van der Waals surface area (Å²) in [7, 11) is -2.31. The number of ether oxygens (including phenoxy) is 4. The lowest BCUT2D eigenvalue weighted by Crippen LogP contribution is -2.60. The highest BCUT2D eigenvalue weighted by molar-refractivity contribution is 7.91. The molecule has 0 radical (unpaired) electrons. The summed E-state index contributed by atoms with van der Waals surface area (Å²) in [5.74, 6) is -5.74. The van der Waals surface area contributed by atoms with Crippen molar-refractivity contribution in [1.29, 1.82) is 0 Å². The van der Waals surface area contributed by atoms with Crippen molar-refractivity contribution < 1.29 is 72.9 Å². The monoisotopic (exact) mass is 905 g/mol. The van der Waals surface area contributed by atoms with Gasteiger partial charge in [-0.2, -0.15) is 13.2 Å². The van der Waals surface area contributed by atoms with Gasteiger partial charge in [0.05, 0.1) is 32.3 Å². The molecule has 15 nitrogen and oxygen atoms in total. The number of nitrogens with zero attached hydrogens (tertiary/aromatic N) is 2. The molecule has 62 heavy (non-hydrogen) atoms. The van der Waals surface area contributed by atoms with Gasteiger partial charge in [-0.25, -0.2) is 31.4 Å². The van der Waals surface area contributed by atoms with Crippen molar-refractivity contribution in [3.05, 3.63) is 36.3 Å². The van der Waals surface area contributed by atoms with Gasteiger partial charge in [0.25, 0.3) is 12.3 Å². The van der Waals surface area contributed by atoms with Crippen molar-refractivity contribution in [3.63, 3.8) is 0 Å². The Labute approximate surface area is 353 Å². The minimum absolute atomic E-state index is 0.113. The zero-order valence-corrected chi connectivity index (χ0v) is 35.6. The van der Waals surface area contributed by atoms with Gasteiger partial charge < -0.3 is 34.5 Å². The standard InChI is InChI=1S/C40H49F6N5O10S/c1-20-9-7-8-10-22-17-39(22,35(54)50-62(56,57)38(11-12-38)34(42)43)49-31(52)27-14-23(60-32-25-15-26(41)28(58-5)16-24(25)29(59-6)18-47-32)19-51(27)33(53)30(21(2)13-20)48-36(55)61-37(3,4)40(44,45)46/h8,10,15-16,18,20-23,27,30,34H,7,9,11-14,17,19H2,1-6H3,(H,48,55)(H,49,52)(H,50,54). The first-order valence-electron chi connectivity index (χ1n) is 20.0. The van der Waals surface area contributed by atoms with Crippen LogP contribution in [-0.4, -0.2) is 110 Å². The number of nitrogens with one attached hydrogen (secondary N) is 3. The van der Waals surface area contributed by atoms with E-state index < -0.39 is 105 Å². The van der Waals surface area contributed by atoms with Gasteiger partial charge in [-0.15, -0.1) is 0 Å². The number of alkyl carbamates (subject to hydrolysis) is 1. The van der Waals surface area contributed by atoms with Crippen LogP contribution in [0.25, 0.3) is 10.8 Å². The number of rotatable bonds is 10. The first-order valence-corrected chi connectivity index (χ1v) is 21.5. The van der Waals surface area contributed by atoms with Crippen LogP contribution in [-0.2, 0) is 29.1 Å². The van der Waals surface area contributed by atoms with E-state index in [0.29, 0.717) is 32.1 Å². The quantitative estimate of drug-likeness (QED) is 0.207. The molecule has 4 amide bonds. The molecular formula is C40H49F6N5O10S. The fourth-order valence-electron chi connectivity index (χ4n) is 8.07. The second-order valence-corrected chi connectivity index (χ2v) is 19.1. The number of benzene rings is 1. The minimum Gasteiger partial charge on any atom is -0.494 e. The van der Waals surface area contributed by atoms with Crippen LogP contribution in [0.3, 0.4) is 0 Å². The topological polar surface area (TPSA) is 192 Å². The fraction of sp³-hybridized carbons (Fsp3) is 0.625. The van der Waals surface area contributed by atoms with Crippen molar-refractivity contribution in [2.24, 2.45) is 17.8 Å². The number of carbonyl (C=O) groups excluding carboxylic acids is 4. The zero-order valence-electron chi connectivity index (χ0n) is 34.7. The normalized spacial score (nSPS) is 27.9. The fourth-order valence-corrected chi connectivity index (χ4v) is 9.57. The van der Waals surface area contributed by atoms with E-state index in [0.717, 1.165) is 11.0 Å². The van der Waals surface area contributed by atoms with E-state index in [1.54, 1.807) is 23.8 Å². The molecule has 7 unspecified atom stereocenters. The summed E-state index contributed by atoms with van der Waals surface area (Å²) >= 11 is 0. The van der Waals surface area contributed by atoms with Gasteiger partial charge in [0.1, 0.15) is 29.5 Å². The number of fused-ring (bicyclic) bond motifs is 3. The van der Waals surface area contributed by atoms with Crippen molar-refractivity contribution in [2.75, 3.05) is 20.8 Å². The molecule has 2 saturated carbocycles. The molecule has 1 aromatic carbocycles. The molecule has 7 atom stereocenters. The van der Waals surface area contributed by atoms with E-state index in [4.69, 9.17) is 18.9 Å². The smallest absolute Gasteiger partial charge is 0.427 e. The predicted molar refractivity (Wildman–Crippen MR) is 208 cm³/mol. The third-order valence-electron chi connectivity index (χ3n) is 12.2. The largest absolute Gasteiger partial charge is 0.494 e. The maximum atomic E-state index is 15.1. The molecule has 342 valence electrons. The predicted octanol–water partition coefficient (Wildman–Crippen LogP) is 5.31. The summed E-state index contributed by atoms with van der Waals surface area (Å²) in [6, 6.07) is -0.690. The van der Waals surface area contributed by atoms with Gasteiger partial charge in [-0.1, -0.05) is 26.0 Å². The van der Waals surface area contributed by atoms with Crippen LogP contribution < -0.4 is 29.6 Å². The van der Waals surface area contributed by atoms with Gasteiger partial charge in [0.15, 0.2) is 16.3 Å². The molecule has 0 spiro atoms. The Kier molecular flexibility index (Phi) is 12.7. The Hall–Kier alpha value is -5.02. The van der Waals surface area contributed by atoms with Crippen LogP contribution in [0.4, 0.5) is 31.1 Å². The van der Waals surface area contributed by atoms with Gasteiger partial charge in [0.2, 0.25) is 33.3 Å². The van der Waals surface area contributed by atoms with E-state index in [-0.39, 0.29) is 60.8 Å². The number of amides is 4. The first-order chi connectivity index (χ1) is 28.9. The summed E-state index contributed by atoms with van der Waals surface area (Å²) < 4.78 is 131. The third-order valence-corrected chi connectivity index (χ3v) is 14.3. The van der Waals surface area contributed by atoms with Crippen molar-refractivity contribution >= 4 is 44.6 Å². The lowest BCUT2D eigenvalue weighted by atomic mass is 9.88. The number of allylic oxidation sites excluding steroid dienone is 1. The Morgan fingerprint density at radius 3 is 2.32 bits per heavy atom. The Balaban J connectivity index is 1.38. The van der Waals surface area contributed by atoms with Gasteiger partial charge in [-0.3, -0.25) is 19.1 Å². The minimum atomic E-state index is -4.99. The second-order valence-electron chi connectivity index (χ2n) is 17.1. The number of hydrogen-bond donors (Lipinski definition) is 3. The summed E-state index contributed by atoms with van der Waals surface area (Å²) in [6.45, 7) is 4.29. The average molecular weight is 906 g/mol. The lowest BCUT2D eigenvalue weighted by molar-refractivity contribution is -0.244. The molecule has 22 heteroatoms. The lowest BCUT2D eigenvalue weighted by Gasteiger charge is -2.34. The average Bonchev–Trinajstić information content (AvgIpc) is 4.09. The van der Waals surface area contributed by atoms with E-state index in [1.165, 1.54) is 26.5 Å². The van der Waals surface area contributed by atoms with E-state index in [9.17, 15) is 49.5 Å². The highest BCUT2D eigenvalue weighted by Crippen LogP contribution is 2.50. The van der Waals surface area contributed by atoms with Gasteiger partial charge in [-0.05, 0) is 76.3 Å². The maximum absolute atomic E-state index is 15.1. The first kappa shape index (κ1) is 46.5. The van der Waals surface area contributed by atoms with Gasteiger partial charge in [0, 0.05) is 17.7 Å². The van der Waals surface area contributed by atoms with Crippen molar-refractivity contribution in [2.45, 2.75) is 119 Å². The molecule has 2 aromatic rings. The summed E-state index contributed by atoms with van der Waals surface area (Å²) in [5, 5.41) is 5.31. The summed E-state index contributed by atoms with van der Waals surface area (Å²) in [4.78, 5) is 61.6. The van der Waals surface area contributed by atoms with Crippen LogP contribution in [0, 0.1) is 23.6 Å². The van der Waals surface area contributed by atoms with Crippen LogP contribution >= 0.6 is 0 Å². The number of pyridine rings is 1. The molecule has 3 fully saturated rings. The Morgan fingerprint density at radius 1 is 1.03 bits per heavy atom. The van der Waals surface area contributed by atoms with Crippen LogP contribution in [0.2, 0.25) is 0 Å².